The molecule has 2 N–H and O–H groups in total. The summed E-state index contributed by atoms with van der Waals surface area (Å²) in [6, 6.07) is 9.71. The molecule has 1 aromatic carbocycles. The van der Waals surface area contributed by atoms with Gasteiger partial charge in [0.15, 0.2) is 5.96 Å². The van der Waals surface area contributed by atoms with Gasteiger partial charge < -0.3 is 15.2 Å². The molecule has 0 amide bonds. The zero-order chi connectivity index (χ0) is 21.2. The molecule has 6 nitrogen and oxygen atoms in total. The quantitative estimate of drug-likeness (QED) is 0.279. The Hall–Kier alpha value is -1.61. The zero-order valence-corrected chi connectivity index (χ0v) is 21.7. The number of nitrogens with zero attached hydrogens (tertiary/aromatic N) is 4. The van der Waals surface area contributed by atoms with Gasteiger partial charge in [-0.1, -0.05) is 24.3 Å². The maximum absolute atomic E-state index is 4.78. The normalized spacial score (nSPS) is 11.8. The molecule has 168 valence electrons. The van der Waals surface area contributed by atoms with E-state index >= 15 is 0 Å². The van der Waals surface area contributed by atoms with Crippen LogP contribution in [0, 0.1) is 6.92 Å². The summed E-state index contributed by atoms with van der Waals surface area (Å²) in [6.07, 6.45) is 3.86. The number of aryl methyl sites for hydroxylation is 1. The van der Waals surface area contributed by atoms with Crippen LogP contribution in [0.3, 0.4) is 0 Å². The first-order valence-corrected chi connectivity index (χ1v) is 10.7. The molecule has 0 aliphatic heterocycles. The van der Waals surface area contributed by atoms with Gasteiger partial charge in [0, 0.05) is 50.7 Å². The first kappa shape index (κ1) is 26.4. The molecule has 0 spiro atoms. The van der Waals surface area contributed by atoms with Gasteiger partial charge in [-0.25, -0.2) is 9.98 Å². The van der Waals surface area contributed by atoms with E-state index in [2.05, 4.69) is 84.0 Å². The highest BCUT2D eigenvalue weighted by atomic mass is 127. The molecule has 0 aliphatic rings. The fourth-order valence-electron chi connectivity index (χ4n) is 3.52. The Morgan fingerprint density at radius 3 is 2.43 bits per heavy atom. The van der Waals surface area contributed by atoms with Crippen LogP contribution in [-0.4, -0.2) is 52.1 Å². The maximum atomic E-state index is 4.78. The van der Waals surface area contributed by atoms with Crippen molar-refractivity contribution in [2.75, 3.05) is 19.6 Å². The predicted octanol–water partition coefficient (Wildman–Crippen LogP) is 4.03. The van der Waals surface area contributed by atoms with Crippen molar-refractivity contribution in [2.24, 2.45) is 4.99 Å². The Bertz CT molecular complexity index is 761. The standard InChI is InChI=1S/C23H38N6.HI/c1-7-24-23(26-12-14-29(18(2)3)19(4)5)27-16-21-9-8-10-22(15-21)17-28-13-11-25-20(28)6;/h8-11,13,15,18-19H,7,12,14,16-17H2,1-6H3,(H2,24,26,27);1H. The van der Waals surface area contributed by atoms with E-state index in [1.165, 1.54) is 11.1 Å². The summed E-state index contributed by atoms with van der Waals surface area (Å²) in [5, 5.41) is 6.83. The second-order valence-electron chi connectivity index (χ2n) is 7.97. The summed E-state index contributed by atoms with van der Waals surface area (Å²) in [6.45, 7) is 17.3. The molecular weight excluding hydrogens is 487 g/mol. The molecule has 7 heteroatoms. The molecule has 2 aromatic rings. The molecule has 0 unspecified atom stereocenters. The van der Waals surface area contributed by atoms with E-state index in [9.17, 15) is 0 Å². The highest BCUT2D eigenvalue weighted by molar-refractivity contribution is 14.0. The Morgan fingerprint density at radius 2 is 1.83 bits per heavy atom. The van der Waals surface area contributed by atoms with E-state index in [1.54, 1.807) is 0 Å². The predicted molar refractivity (Wildman–Crippen MR) is 138 cm³/mol. The van der Waals surface area contributed by atoms with Gasteiger partial charge in [0.05, 0.1) is 6.54 Å². The van der Waals surface area contributed by atoms with Crippen molar-refractivity contribution in [3.8, 4) is 0 Å². The molecule has 0 saturated heterocycles. The molecular formula is C23H39IN6. The molecule has 0 bridgehead atoms. The van der Waals surface area contributed by atoms with Crippen molar-refractivity contribution in [1.29, 1.82) is 0 Å². The molecule has 0 aliphatic carbocycles. The second-order valence-corrected chi connectivity index (χ2v) is 7.97. The van der Waals surface area contributed by atoms with Crippen molar-refractivity contribution in [1.82, 2.24) is 25.1 Å². The number of imidazole rings is 1. The van der Waals surface area contributed by atoms with Crippen molar-refractivity contribution in [2.45, 2.75) is 66.7 Å². The first-order valence-electron chi connectivity index (χ1n) is 10.7. The van der Waals surface area contributed by atoms with Crippen LogP contribution in [-0.2, 0) is 13.1 Å². The van der Waals surface area contributed by atoms with Crippen LogP contribution in [0.5, 0.6) is 0 Å². The number of rotatable bonds is 10. The van der Waals surface area contributed by atoms with Crippen molar-refractivity contribution in [3.63, 3.8) is 0 Å². The second kappa shape index (κ2) is 13.6. The number of benzene rings is 1. The van der Waals surface area contributed by atoms with Crippen molar-refractivity contribution < 1.29 is 0 Å². The van der Waals surface area contributed by atoms with Crippen LogP contribution in [0.1, 0.15) is 51.6 Å². The van der Waals surface area contributed by atoms with Gasteiger partial charge >= 0.3 is 0 Å². The van der Waals surface area contributed by atoms with Crippen LogP contribution >= 0.6 is 24.0 Å². The van der Waals surface area contributed by atoms with E-state index in [1.807, 2.05) is 19.3 Å². The molecule has 1 heterocycles. The average molecular weight is 527 g/mol. The molecule has 30 heavy (non-hydrogen) atoms. The van der Waals surface area contributed by atoms with Crippen LogP contribution in [0.2, 0.25) is 0 Å². The van der Waals surface area contributed by atoms with E-state index in [4.69, 9.17) is 4.99 Å². The summed E-state index contributed by atoms with van der Waals surface area (Å²) < 4.78 is 2.16. The number of guanidine groups is 1. The largest absolute Gasteiger partial charge is 0.357 e. The molecule has 0 fully saturated rings. The number of aromatic nitrogens is 2. The van der Waals surface area contributed by atoms with E-state index in [-0.39, 0.29) is 24.0 Å². The SMILES string of the molecule is CCNC(=NCc1cccc(Cn2ccnc2C)c1)NCCN(C(C)C)C(C)C.I. The van der Waals surface area contributed by atoms with Gasteiger partial charge in [0.25, 0.3) is 0 Å². The van der Waals surface area contributed by atoms with Crippen molar-refractivity contribution >= 4 is 29.9 Å². The van der Waals surface area contributed by atoms with Gasteiger partial charge in [0.1, 0.15) is 5.82 Å². The number of nitrogens with one attached hydrogen (secondary N) is 2. The van der Waals surface area contributed by atoms with Gasteiger partial charge in [-0.3, -0.25) is 4.90 Å². The summed E-state index contributed by atoms with van der Waals surface area (Å²) in [5.41, 5.74) is 2.48. The third-order valence-corrected chi connectivity index (χ3v) is 5.02. The molecule has 0 atom stereocenters. The van der Waals surface area contributed by atoms with Crippen LogP contribution in [0.15, 0.2) is 41.7 Å². The lowest BCUT2D eigenvalue weighted by molar-refractivity contribution is 0.178. The van der Waals surface area contributed by atoms with Crippen molar-refractivity contribution in [3.05, 3.63) is 53.6 Å². The molecule has 1 aromatic heterocycles. The third kappa shape index (κ3) is 8.63. The Kier molecular flexibility index (Phi) is 12.0. The number of hydrogen-bond donors (Lipinski definition) is 2. The fraction of sp³-hybridized carbons (Fsp3) is 0.565. The minimum absolute atomic E-state index is 0. The lowest BCUT2D eigenvalue weighted by atomic mass is 10.1. The van der Waals surface area contributed by atoms with E-state index < -0.39 is 0 Å². The van der Waals surface area contributed by atoms with Crippen LogP contribution in [0.4, 0.5) is 0 Å². The van der Waals surface area contributed by atoms with E-state index in [0.29, 0.717) is 18.6 Å². The van der Waals surface area contributed by atoms with E-state index in [0.717, 1.165) is 38.0 Å². The van der Waals surface area contributed by atoms with Crippen LogP contribution < -0.4 is 10.6 Å². The van der Waals surface area contributed by atoms with Gasteiger partial charge in [-0.15, -0.1) is 24.0 Å². The summed E-state index contributed by atoms with van der Waals surface area (Å²) in [4.78, 5) is 11.6. The Balaban J connectivity index is 0.00000450. The third-order valence-electron chi connectivity index (χ3n) is 5.02. The number of aliphatic imine (C=N–C) groups is 1. The summed E-state index contributed by atoms with van der Waals surface area (Å²) in [5.74, 6) is 1.90. The Morgan fingerprint density at radius 1 is 1.13 bits per heavy atom. The molecule has 0 saturated carbocycles. The number of hydrogen-bond acceptors (Lipinski definition) is 3. The highest BCUT2D eigenvalue weighted by Crippen LogP contribution is 2.10. The minimum atomic E-state index is 0. The van der Waals surface area contributed by atoms with Crippen LogP contribution in [0.25, 0.3) is 0 Å². The molecule has 2 rings (SSSR count). The monoisotopic (exact) mass is 526 g/mol. The summed E-state index contributed by atoms with van der Waals surface area (Å²) >= 11 is 0. The maximum Gasteiger partial charge on any atom is 0.191 e. The Labute approximate surface area is 199 Å². The molecule has 0 radical (unpaired) electrons. The topological polar surface area (TPSA) is 57.5 Å². The average Bonchev–Trinajstić information content (AvgIpc) is 3.07. The smallest absolute Gasteiger partial charge is 0.191 e. The summed E-state index contributed by atoms with van der Waals surface area (Å²) in [7, 11) is 0. The fourth-order valence-corrected chi connectivity index (χ4v) is 3.52. The highest BCUT2D eigenvalue weighted by Gasteiger charge is 2.12. The number of halogens is 1. The van der Waals surface area contributed by atoms with Gasteiger partial charge in [0.2, 0.25) is 0 Å². The lowest BCUT2D eigenvalue weighted by Gasteiger charge is -2.30. The minimum Gasteiger partial charge on any atom is -0.357 e. The first-order chi connectivity index (χ1) is 13.9. The van der Waals surface area contributed by atoms with Gasteiger partial charge in [-0.2, -0.15) is 0 Å². The zero-order valence-electron chi connectivity index (χ0n) is 19.4. The lowest BCUT2D eigenvalue weighted by Crippen LogP contribution is -2.45. The van der Waals surface area contributed by atoms with Gasteiger partial charge in [-0.05, 0) is 52.7 Å².